The Bertz CT molecular complexity index is 1950. The van der Waals surface area contributed by atoms with Gasteiger partial charge in [0.15, 0.2) is 5.52 Å². The number of nitrogens with one attached hydrogen (secondary N) is 1. The highest BCUT2D eigenvalue weighted by molar-refractivity contribution is 5.97. The van der Waals surface area contributed by atoms with Crippen LogP contribution in [0.25, 0.3) is 27.5 Å². The van der Waals surface area contributed by atoms with Crippen molar-refractivity contribution >= 4 is 27.5 Å². The first-order valence-corrected chi connectivity index (χ1v) is 15.4. The Morgan fingerprint density at radius 3 is 2.64 bits per heavy atom. The minimum atomic E-state index is -0.427. The molecule has 4 aliphatic rings. The van der Waals surface area contributed by atoms with Crippen molar-refractivity contribution in [2.45, 2.75) is 56.1 Å². The molecule has 4 aliphatic heterocycles. The van der Waals surface area contributed by atoms with E-state index in [1.165, 1.54) is 17.0 Å². The van der Waals surface area contributed by atoms with Gasteiger partial charge in [-0.2, -0.15) is 5.26 Å². The van der Waals surface area contributed by atoms with E-state index in [1.54, 1.807) is 12.1 Å². The maximum Gasteiger partial charge on any atom is 0.284 e. The van der Waals surface area contributed by atoms with Crippen LogP contribution in [0.2, 0.25) is 0 Å². The summed E-state index contributed by atoms with van der Waals surface area (Å²) in [5, 5.41) is 26.1. The molecule has 0 radical (unpaired) electrons. The predicted octanol–water partition coefficient (Wildman–Crippen LogP) is 3.44. The average Bonchev–Trinajstić information content (AvgIpc) is 3.72. The van der Waals surface area contributed by atoms with Gasteiger partial charge < -0.3 is 20.1 Å². The van der Waals surface area contributed by atoms with Crippen molar-refractivity contribution in [3.63, 3.8) is 0 Å². The maximum atomic E-state index is 14.4. The molecule has 2 atom stereocenters. The number of rotatable bonds is 5. The van der Waals surface area contributed by atoms with Crippen molar-refractivity contribution in [3.05, 3.63) is 58.1 Å². The fourth-order valence-corrected chi connectivity index (χ4v) is 8.12. The molecule has 10 nitrogen and oxygen atoms in total. The Labute approximate surface area is 254 Å². The lowest BCUT2D eigenvalue weighted by atomic mass is 9.95. The van der Waals surface area contributed by atoms with E-state index in [-0.39, 0.29) is 22.7 Å². The minimum Gasteiger partial charge on any atom is -0.508 e. The number of piperazine rings is 1. The predicted molar refractivity (Wildman–Crippen MR) is 167 cm³/mol. The molecule has 2 aromatic heterocycles. The van der Waals surface area contributed by atoms with Gasteiger partial charge in [0.2, 0.25) is 5.88 Å². The average molecular weight is 588 g/mol. The molecule has 0 spiro atoms. The van der Waals surface area contributed by atoms with Crippen LogP contribution in [-0.2, 0) is 0 Å². The summed E-state index contributed by atoms with van der Waals surface area (Å²) < 4.78 is 7.87. The van der Waals surface area contributed by atoms with Crippen LogP contribution in [0.15, 0.2) is 41.5 Å². The zero-order chi connectivity index (χ0) is 30.0. The third-order valence-electron chi connectivity index (χ3n) is 10.1. The number of pyridine rings is 1. The summed E-state index contributed by atoms with van der Waals surface area (Å²) in [6, 6.07) is 11.6. The summed E-state index contributed by atoms with van der Waals surface area (Å²) >= 11 is 0. The molecule has 10 heteroatoms. The maximum absolute atomic E-state index is 14.4. The van der Waals surface area contributed by atoms with Gasteiger partial charge in [-0.3, -0.25) is 14.3 Å². The van der Waals surface area contributed by atoms with E-state index < -0.39 is 5.56 Å². The zero-order valence-electron chi connectivity index (χ0n) is 24.4. The van der Waals surface area contributed by atoms with Gasteiger partial charge in [0, 0.05) is 42.2 Å². The second kappa shape index (κ2) is 10.2. The van der Waals surface area contributed by atoms with Crippen LogP contribution in [-0.4, -0.2) is 75.0 Å². The molecule has 2 N–H and O–H groups in total. The second-order valence-corrected chi connectivity index (χ2v) is 12.6. The molecule has 4 aromatic rings. The van der Waals surface area contributed by atoms with Crippen LogP contribution in [0.4, 0.5) is 5.69 Å². The van der Waals surface area contributed by atoms with Crippen LogP contribution in [0.1, 0.15) is 49.7 Å². The first-order chi connectivity index (χ1) is 21.5. The largest absolute Gasteiger partial charge is 0.508 e. The van der Waals surface area contributed by atoms with Gasteiger partial charge in [0.1, 0.15) is 35.8 Å². The minimum absolute atomic E-state index is 0.000558. The number of anilines is 1. The number of benzene rings is 2. The molecular formula is C34H33N7O3. The molecular weight excluding hydrogens is 554 g/mol. The first kappa shape index (κ1) is 26.9. The van der Waals surface area contributed by atoms with Crippen molar-refractivity contribution < 1.29 is 9.84 Å². The molecule has 4 saturated heterocycles. The van der Waals surface area contributed by atoms with E-state index in [9.17, 15) is 15.2 Å². The van der Waals surface area contributed by atoms with Crippen LogP contribution in [0.5, 0.6) is 11.6 Å². The summed E-state index contributed by atoms with van der Waals surface area (Å²) in [5.74, 6) is 2.88. The van der Waals surface area contributed by atoms with E-state index in [1.807, 2.05) is 12.1 Å². The number of aromatic nitrogens is 3. The van der Waals surface area contributed by atoms with Gasteiger partial charge in [-0.15, -0.1) is 6.42 Å². The molecule has 8 rings (SSSR count). The fourth-order valence-electron chi connectivity index (χ4n) is 8.12. The number of terminal acetylenes is 1. The Balaban J connectivity index is 1.33. The highest BCUT2D eigenvalue weighted by atomic mass is 16.5. The van der Waals surface area contributed by atoms with E-state index in [2.05, 4.69) is 27.1 Å². The Kier molecular flexibility index (Phi) is 6.26. The van der Waals surface area contributed by atoms with Crippen molar-refractivity contribution in [1.29, 1.82) is 5.26 Å². The summed E-state index contributed by atoms with van der Waals surface area (Å²) in [6.07, 6.45) is 13.8. The normalized spacial score (nSPS) is 22.3. The zero-order valence-corrected chi connectivity index (χ0v) is 24.4. The van der Waals surface area contributed by atoms with Crippen LogP contribution in [0.3, 0.4) is 0 Å². The van der Waals surface area contributed by atoms with Crippen LogP contribution in [0, 0.1) is 23.7 Å². The topological polar surface area (TPSA) is 120 Å². The van der Waals surface area contributed by atoms with Gasteiger partial charge in [-0.1, -0.05) is 18.1 Å². The smallest absolute Gasteiger partial charge is 0.284 e. The molecule has 44 heavy (non-hydrogen) atoms. The Morgan fingerprint density at radius 1 is 1.14 bits per heavy atom. The number of hydrogen-bond acceptors (Lipinski definition) is 9. The standard InChI is InChI=1S/C34H33N7O3/c1-2-21-6-3-7-22-14-25(42)15-27(28(21)22)41-20-36-29-30(33(41)43)38-32(44-19-34-10-4-12-40(34)13-5-11-34)26(16-35)31(29)39-17-23-8-9-24(18-39)37-23/h1,3,6-7,14-15,20,23-24,37,42H,4-5,8-13,17-19H2. The molecule has 2 unspecified atom stereocenters. The number of nitriles is 1. The lowest BCUT2D eigenvalue weighted by Gasteiger charge is -2.36. The molecule has 0 amide bonds. The van der Waals surface area contributed by atoms with E-state index in [0.29, 0.717) is 70.6 Å². The van der Waals surface area contributed by atoms with Crippen molar-refractivity contribution in [2.75, 3.05) is 37.7 Å². The first-order valence-electron chi connectivity index (χ1n) is 15.4. The van der Waals surface area contributed by atoms with Gasteiger partial charge in [-0.05, 0) is 69.1 Å². The van der Waals surface area contributed by atoms with Gasteiger partial charge >= 0.3 is 0 Å². The molecule has 0 aliphatic carbocycles. The quantitative estimate of drug-likeness (QED) is 0.339. The molecule has 222 valence electrons. The number of phenolic OH excluding ortho intramolecular Hbond substituents is 1. The molecule has 0 saturated carbocycles. The fraction of sp³-hybridized carbons (Fsp3) is 0.412. The molecule has 4 fully saturated rings. The lowest BCUT2D eigenvalue weighted by molar-refractivity contribution is 0.111. The molecule has 2 aromatic carbocycles. The summed E-state index contributed by atoms with van der Waals surface area (Å²) in [7, 11) is 0. The third-order valence-corrected chi connectivity index (χ3v) is 10.1. The number of ether oxygens (including phenoxy) is 1. The number of phenols is 1. The highest BCUT2D eigenvalue weighted by Crippen LogP contribution is 2.41. The monoisotopic (exact) mass is 587 g/mol. The van der Waals surface area contributed by atoms with Gasteiger partial charge in [-0.25, -0.2) is 9.97 Å². The van der Waals surface area contributed by atoms with E-state index in [4.69, 9.17) is 21.1 Å². The second-order valence-electron chi connectivity index (χ2n) is 12.6. The number of hydrogen-bond donors (Lipinski definition) is 2. The summed E-state index contributed by atoms with van der Waals surface area (Å²) in [6.45, 7) is 3.94. The van der Waals surface area contributed by atoms with Crippen LogP contribution >= 0.6 is 0 Å². The van der Waals surface area contributed by atoms with Crippen LogP contribution < -0.4 is 20.5 Å². The Hall–Kier alpha value is -4.64. The number of nitrogens with zero attached hydrogens (tertiary/aromatic N) is 6. The number of aromatic hydroxyl groups is 1. The van der Waals surface area contributed by atoms with Gasteiger partial charge in [0.05, 0.1) is 16.9 Å². The molecule has 6 heterocycles. The van der Waals surface area contributed by atoms with E-state index >= 15 is 0 Å². The number of fused-ring (bicyclic) bond motifs is 5. The SMILES string of the molecule is C#Cc1cccc2cc(O)cc(-n3cnc4c(N5CC6CCC(C5)N6)c(C#N)c(OCC56CCCN5CCC6)nc4c3=O)c12. The third kappa shape index (κ3) is 4.13. The van der Waals surface area contributed by atoms with Crippen molar-refractivity contribution in [3.8, 4) is 35.7 Å². The van der Waals surface area contributed by atoms with E-state index in [0.717, 1.165) is 51.6 Å². The Morgan fingerprint density at radius 2 is 1.91 bits per heavy atom. The summed E-state index contributed by atoms with van der Waals surface area (Å²) in [5.41, 5.74) is 1.93. The lowest BCUT2D eigenvalue weighted by Crippen LogP contribution is -2.51. The van der Waals surface area contributed by atoms with Crippen molar-refractivity contribution in [2.24, 2.45) is 0 Å². The van der Waals surface area contributed by atoms with Gasteiger partial charge in [0.25, 0.3) is 5.56 Å². The molecule has 2 bridgehead atoms. The summed E-state index contributed by atoms with van der Waals surface area (Å²) in [4.78, 5) is 28.6. The van der Waals surface area contributed by atoms with Crippen molar-refractivity contribution in [1.82, 2.24) is 24.8 Å². The highest BCUT2D eigenvalue weighted by Gasteiger charge is 2.45.